The van der Waals surface area contributed by atoms with E-state index in [-0.39, 0.29) is 17.0 Å². The monoisotopic (exact) mass is 419 g/mol. The average Bonchev–Trinajstić information content (AvgIpc) is 2.97. The zero-order valence-corrected chi connectivity index (χ0v) is 17.8. The van der Waals surface area contributed by atoms with E-state index in [4.69, 9.17) is 21.1 Å². The third-order valence-corrected chi connectivity index (χ3v) is 5.15. The molecule has 6 heteroatoms. The van der Waals surface area contributed by atoms with Crippen molar-refractivity contribution < 1.29 is 18.7 Å². The molecule has 1 N–H and O–H groups in total. The number of carbonyl (C=O) groups is 1. The molecule has 1 heterocycles. The lowest BCUT2D eigenvalue weighted by Gasteiger charge is -2.24. The number of rotatable bonds is 8. The van der Waals surface area contributed by atoms with Crippen LogP contribution in [0.25, 0.3) is 0 Å². The van der Waals surface area contributed by atoms with Crippen molar-refractivity contribution in [3.8, 4) is 5.75 Å². The number of nitrogens with one attached hydrogen (secondary N) is 1. The van der Waals surface area contributed by atoms with Crippen LogP contribution in [0.4, 0.5) is 4.39 Å². The third kappa shape index (κ3) is 5.94. The Morgan fingerprint density at radius 2 is 2.03 bits per heavy atom. The minimum absolute atomic E-state index is 0.0318. The quantitative estimate of drug-likeness (QED) is 0.641. The summed E-state index contributed by atoms with van der Waals surface area (Å²) in [6, 6.07) is 10.7. The molecule has 156 valence electrons. The highest BCUT2D eigenvalue weighted by Crippen LogP contribution is 2.37. The normalized spacial score (nSPS) is 17.9. The van der Waals surface area contributed by atoms with E-state index in [1.54, 1.807) is 6.07 Å². The van der Waals surface area contributed by atoms with Gasteiger partial charge in [-0.05, 0) is 55.7 Å². The number of carbonyl (C=O) groups excluding carboxylic acids is 1. The van der Waals surface area contributed by atoms with Crippen molar-refractivity contribution >= 4 is 17.5 Å². The van der Waals surface area contributed by atoms with Crippen LogP contribution in [0.15, 0.2) is 36.4 Å². The van der Waals surface area contributed by atoms with Gasteiger partial charge in [0, 0.05) is 19.4 Å². The van der Waals surface area contributed by atoms with Gasteiger partial charge in [0.05, 0.1) is 24.2 Å². The summed E-state index contributed by atoms with van der Waals surface area (Å²) in [6.07, 6.45) is 1.74. The number of fused-ring (bicyclic) bond motifs is 1. The zero-order chi connectivity index (χ0) is 21.0. The highest BCUT2D eigenvalue weighted by Gasteiger charge is 2.35. The molecule has 2 aromatic carbocycles. The number of hydrogen-bond acceptors (Lipinski definition) is 3. The molecule has 1 atom stereocenters. The van der Waals surface area contributed by atoms with Crippen LogP contribution in [0, 0.1) is 5.82 Å². The predicted molar refractivity (Wildman–Crippen MR) is 112 cm³/mol. The van der Waals surface area contributed by atoms with Gasteiger partial charge in [0.25, 0.3) is 0 Å². The molecule has 4 nitrogen and oxygen atoms in total. The van der Waals surface area contributed by atoms with Gasteiger partial charge in [-0.15, -0.1) is 0 Å². The fourth-order valence-corrected chi connectivity index (χ4v) is 3.72. The van der Waals surface area contributed by atoms with Crippen LogP contribution in [0.5, 0.6) is 5.75 Å². The molecule has 0 spiro atoms. The number of amides is 1. The number of hydrogen-bond donors (Lipinski definition) is 1. The van der Waals surface area contributed by atoms with E-state index < -0.39 is 11.4 Å². The summed E-state index contributed by atoms with van der Waals surface area (Å²) >= 11 is 5.77. The smallest absolute Gasteiger partial charge is 0.224 e. The molecular weight excluding hydrogens is 393 g/mol. The number of ether oxygens (including phenoxy) is 2. The maximum atomic E-state index is 13.7. The zero-order valence-electron chi connectivity index (χ0n) is 17.1. The maximum absolute atomic E-state index is 13.7. The van der Waals surface area contributed by atoms with Crippen molar-refractivity contribution in [2.75, 3.05) is 13.2 Å². The number of halogens is 2. The molecule has 2 aromatic rings. The van der Waals surface area contributed by atoms with E-state index in [1.807, 2.05) is 45.0 Å². The average molecular weight is 420 g/mol. The first-order valence-corrected chi connectivity index (χ1v) is 10.2. The molecule has 0 unspecified atom stereocenters. The second kappa shape index (κ2) is 9.14. The largest absolute Gasteiger partial charge is 0.487 e. The molecule has 0 bridgehead atoms. The minimum atomic E-state index is -0.461. The van der Waals surface area contributed by atoms with Crippen LogP contribution in [0.3, 0.4) is 0 Å². The molecule has 29 heavy (non-hydrogen) atoms. The van der Waals surface area contributed by atoms with Crippen molar-refractivity contribution in [2.45, 2.75) is 51.7 Å². The van der Waals surface area contributed by atoms with Crippen LogP contribution in [0.2, 0.25) is 5.02 Å². The van der Waals surface area contributed by atoms with Gasteiger partial charge in [0.15, 0.2) is 0 Å². The van der Waals surface area contributed by atoms with Gasteiger partial charge in [-0.1, -0.05) is 29.8 Å². The first-order valence-electron chi connectivity index (χ1n) is 9.87. The van der Waals surface area contributed by atoms with E-state index in [0.29, 0.717) is 32.4 Å². The van der Waals surface area contributed by atoms with Gasteiger partial charge in [-0.25, -0.2) is 4.39 Å². The van der Waals surface area contributed by atoms with Crippen molar-refractivity contribution in [3.05, 3.63) is 63.9 Å². The van der Waals surface area contributed by atoms with Crippen LogP contribution in [-0.4, -0.2) is 30.8 Å². The molecule has 0 saturated carbocycles. The van der Waals surface area contributed by atoms with Gasteiger partial charge in [0.1, 0.15) is 17.2 Å². The highest BCUT2D eigenvalue weighted by molar-refractivity contribution is 6.30. The van der Waals surface area contributed by atoms with Crippen molar-refractivity contribution in [2.24, 2.45) is 0 Å². The Hall–Kier alpha value is -2.11. The van der Waals surface area contributed by atoms with Gasteiger partial charge in [-0.2, -0.15) is 0 Å². The van der Waals surface area contributed by atoms with Crippen molar-refractivity contribution in [1.29, 1.82) is 0 Å². The standard InChI is InChI=1S/C23H27ClFNO3/c1-15(2)28-9-8-26-22(27)12-16-5-7-21-18(10-16)14-23(3,29-21)13-17-4-6-19(24)20(25)11-17/h4-7,10-11,15H,8-9,12-14H2,1-3H3,(H,26,27)/t23-/m0/s1. The summed E-state index contributed by atoms with van der Waals surface area (Å²) in [7, 11) is 0. The molecule has 1 amide bonds. The molecular formula is C23H27ClFNO3. The van der Waals surface area contributed by atoms with E-state index in [9.17, 15) is 9.18 Å². The topological polar surface area (TPSA) is 47.6 Å². The summed E-state index contributed by atoms with van der Waals surface area (Å²) < 4.78 is 25.3. The van der Waals surface area contributed by atoms with Gasteiger partial charge in [0.2, 0.25) is 5.91 Å². The van der Waals surface area contributed by atoms with Gasteiger partial charge in [-0.3, -0.25) is 4.79 Å². The molecule has 0 saturated heterocycles. The highest BCUT2D eigenvalue weighted by atomic mass is 35.5. The Morgan fingerprint density at radius 3 is 2.76 bits per heavy atom. The molecule has 0 radical (unpaired) electrons. The molecule has 0 fully saturated rings. The Balaban J connectivity index is 1.58. The summed E-state index contributed by atoms with van der Waals surface area (Å²) in [6.45, 7) is 6.95. The molecule has 1 aliphatic heterocycles. The summed E-state index contributed by atoms with van der Waals surface area (Å²) in [5.41, 5.74) is 2.38. The lowest BCUT2D eigenvalue weighted by Crippen LogP contribution is -2.32. The van der Waals surface area contributed by atoms with Crippen LogP contribution in [0.1, 0.15) is 37.5 Å². The van der Waals surface area contributed by atoms with Crippen molar-refractivity contribution in [3.63, 3.8) is 0 Å². The molecule has 0 aliphatic carbocycles. The molecule has 0 aromatic heterocycles. The summed E-state index contributed by atoms with van der Waals surface area (Å²) in [5, 5.41) is 2.99. The van der Waals surface area contributed by atoms with E-state index in [1.165, 1.54) is 6.07 Å². The Morgan fingerprint density at radius 1 is 1.28 bits per heavy atom. The second-order valence-corrected chi connectivity index (χ2v) is 8.45. The van der Waals surface area contributed by atoms with E-state index in [0.717, 1.165) is 22.4 Å². The predicted octanol–water partition coefficient (Wildman–Crippen LogP) is 4.50. The third-order valence-electron chi connectivity index (χ3n) is 4.85. The number of benzene rings is 2. The SMILES string of the molecule is CC(C)OCCNC(=O)Cc1ccc2c(c1)C[C@](C)(Cc1ccc(Cl)c(F)c1)O2. The van der Waals surface area contributed by atoms with E-state index in [2.05, 4.69) is 5.32 Å². The Labute approximate surface area is 176 Å². The lowest BCUT2D eigenvalue weighted by molar-refractivity contribution is -0.120. The Bertz CT molecular complexity index is 886. The Kier molecular flexibility index (Phi) is 6.81. The fraction of sp³-hybridized carbons (Fsp3) is 0.435. The van der Waals surface area contributed by atoms with Crippen LogP contribution < -0.4 is 10.1 Å². The van der Waals surface area contributed by atoms with E-state index >= 15 is 0 Å². The van der Waals surface area contributed by atoms with Gasteiger partial charge < -0.3 is 14.8 Å². The van der Waals surface area contributed by atoms with Gasteiger partial charge >= 0.3 is 0 Å². The second-order valence-electron chi connectivity index (χ2n) is 8.04. The summed E-state index contributed by atoms with van der Waals surface area (Å²) in [4.78, 5) is 12.1. The molecule has 3 rings (SSSR count). The lowest BCUT2D eigenvalue weighted by atomic mass is 9.91. The first-order chi connectivity index (χ1) is 13.7. The fourth-order valence-electron chi connectivity index (χ4n) is 3.60. The van der Waals surface area contributed by atoms with Crippen LogP contribution >= 0.6 is 11.6 Å². The maximum Gasteiger partial charge on any atom is 0.224 e. The first kappa shape index (κ1) is 21.6. The van der Waals surface area contributed by atoms with Crippen molar-refractivity contribution in [1.82, 2.24) is 5.32 Å². The minimum Gasteiger partial charge on any atom is -0.487 e. The summed E-state index contributed by atoms with van der Waals surface area (Å²) in [5.74, 6) is 0.363. The molecule has 1 aliphatic rings. The van der Waals surface area contributed by atoms with Crippen LogP contribution in [-0.2, 0) is 28.8 Å².